The van der Waals surface area contributed by atoms with Crippen molar-refractivity contribution in [3.05, 3.63) is 72.0 Å². The van der Waals surface area contributed by atoms with Crippen LogP contribution in [-0.2, 0) is 9.47 Å². The van der Waals surface area contributed by atoms with Gasteiger partial charge in [-0.3, -0.25) is 9.69 Å². The number of pyridine rings is 1. The van der Waals surface area contributed by atoms with E-state index in [4.69, 9.17) is 13.9 Å². The minimum Gasteiger partial charge on any atom is -0.444 e. The SMILES string of the molecule is CC(C)(C)OC(=O)NCC#Cc1ccc(-n2cc(NC(=O)c3coc(-c4ccnc(N(CC5CC5)C(=O)OC(C)(C)C)c4)n3)c(C(F)F)n2)cc1. The van der Waals surface area contributed by atoms with E-state index in [2.05, 4.69) is 37.5 Å². The predicted octanol–water partition coefficient (Wildman–Crippen LogP) is 7.14. The first-order valence-corrected chi connectivity index (χ1v) is 16.2. The van der Waals surface area contributed by atoms with Gasteiger partial charge in [-0.1, -0.05) is 11.8 Å². The number of ether oxygens (including phenoxy) is 2. The van der Waals surface area contributed by atoms with Crippen LogP contribution in [0.2, 0.25) is 0 Å². The maximum atomic E-state index is 14.0. The Labute approximate surface area is 293 Å². The van der Waals surface area contributed by atoms with Crippen molar-refractivity contribution in [3.63, 3.8) is 0 Å². The summed E-state index contributed by atoms with van der Waals surface area (Å²) in [6.45, 7) is 11.1. The maximum absolute atomic E-state index is 14.0. The lowest BCUT2D eigenvalue weighted by molar-refractivity contribution is 0.0532. The summed E-state index contributed by atoms with van der Waals surface area (Å²) in [5, 5.41) is 8.98. The molecule has 0 unspecified atom stereocenters. The summed E-state index contributed by atoms with van der Waals surface area (Å²) in [5.74, 6) is 5.66. The quantitative estimate of drug-likeness (QED) is 0.173. The van der Waals surface area contributed by atoms with Crippen molar-refractivity contribution < 1.29 is 37.1 Å². The number of hydrogen-bond acceptors (Lipinski definition) is 9. The van der Waals surface area contributed by atoms with Crippen LogP contribution in [-0.4, -0.2) is 62.1 Å². The van der Waals surface area contributed by atoms with E-state index in [-0.39, 0.29) is 23.8 Å². The zero-order valence-electron chi connectivity index (χ0n) is 29.1. The van der Waals surface area contributed by atoms with E-state index in [1.165, 1.54) is 22.0 Å². The van der Waals surface area contributed by atoms with Crippen LogP contribution in [0, 0.1) is 17.8 Å². The van der Waals surface area contributed by atoms with E-state index in [0.717, 1.165) is 19.1 Å². The smallest absolute Gasteiger partial charge is 0.416 e. The Balaban J connectivity index is 1.26. The molecule has 1 aromatic carbocycles. The normalized spacial score (nSPS) is 12.9. The number of carbonyl (C=O) groups excluding carboxylic acids is 3. The minimum atomic E-state index is -2.99. The number of nitrogens with zero attached hydrogens (tertiary/aromatic N) is 5. The number of anilines is 2. The topological polar surface area (TPSA) is 154 Å². The highest BCUT2D eigenvalue weighted by Crippen LogP contribution is 2.33. The number of amides is 3. The van der Waals surface area contributed by atoms with Crippen molar-refractivity contribution in [1.82, 2.24) is 25.1 Å². The van der Waals surface area contributed by atoms with E-state index in [9.17, 15) is 23.2 Å². The summed E-state index contributed by atoms with van der Waals surface area (Å²) >= 11 is 0. The van der Waals surface area contributed by atoms with Crippen molar-refractivity contribution in [2.75, 3.05) is 23.3 Å². The lowest BCUT2D eigenvalue weighted by Gasteiger charge is -2.27. The third-order valence-corrected chi connectivity index (χ3v) is 7.04. The Morgan fingerprint density at radius 2 is 1.76 bits per heavy atom. The molecule has 3 heterocycles. The summed E-state index contributed by atoms with van der Waals surface area (Å²) in [5.41, 5.74) is -0.845. The molecule has 0 bridgehead atoms. The van der Waals surface area contributed by atoms with Crippen molar-refractivity contribution >= 4 is 29.6 Å². The average molecular weight is 704 g/mol. The molecule has 13 nitrogen and oxygen atoms in total. The van der Waals surface area contributed by atoms with Crippen molar-refractivity contribution in [2.24, 2.45) is 5.92 Å². The number of alkyl halides is 2. The molecule has 2 N–H and O–H groups in total. The van der Waals surface area contributed by atoms with Crippen molar-refractivity contribution in [3.8, 4) is 29.0 Å². The first-order chi connectivity index (χ1) is 24.0. The van der Waals surface area contributed by atoms with Gasteiger partial charge in [0.05, 0.1) is 24.1 Å². The van der Waals surface area contributed by atoms with Crippen LogP contribution in [0.25, 0.3) is 17.1 Å². The van der Waals surface area contributed by atoms with Gasteiger partial charge in [0, 0.05) is 23.9 Å². The van der Waals surface area contributed by atoms with Gasteiger partial charge in [0.25, 0.3) is 12.3 Å². The van der Waals surface area contributed by atoms with Gasteiger partial charge < -0.3 is 24.5 Å². The Kier molecular flexibility index (Phi) is 10.7. The molecule has 0 aliphatic heterocycles. The number of hydrogen-bond donors (Lipinski definition) is 2. The van der Waals surface area contributed by atoms with Crippen LogP contribution in [0.5, 0.6) is 0 Å². The Morgan fingerprint density at radius 3 is 2.41 bits per heavy atom. The number of benzene rings is 1. The molecule has 4 aromatic rings. The highest BCUT2D eigenvalue weighted by atomic mass is 19.3. The number of nitrogens with one attached hydrogen (secondary N) is 2. The molecular formula is C36H39F2N7O6. The van der Waals surface area contributed by atoms with Crippen LogP contribution in [0.4, 0.5) is 29.9 Å². The van der Waals surface area contributed by atoms with Gasteiger partial charge in [-0.05, 0) is 96.7 Å². The number of rotatable bonds is 9. The van der Waals surface area contributed by atoms with E-state index < -0.39 is 41.4 Å². The standard InChI is InChI=1S/C36H39F2N7O6/c1-35(2,3)50-33(47)40-16-7-8-22-11-13-25(14-12-22)45-20-26(29(43-45)30(37)38)41-31(46)27-21-49-32(42-27)24-15-17-39-28(18-24)44(19-23-9-10-23)34(48)51-36(4,5)6/h11-15,17-18,20-21,23,30H,9-10,16,19H2,1-6H3,(H,40,47)(H,41,46). The summed E-state index contributed by atoms with van der Waals surface area (Å²) in [4.78, 5) is 48.0. The largest absolute Gasteiger partial charge is 0.444 e. The summed E-state index contributed by atoms with van der Waals surface area (Å²) < 4.78 is 45.5. The molecule has 3 amide bonds. The second-order valence-corrected chi connectivity index (χ2v) is 13.8. The molecule has 15 heteroatoms. The van der Waals surface area contributed by atoms with Crippen molar-refractivity contribution in [2.45, 2.75) is 72.0 Å². The molecule has 0 saturated heterocycles. The molecule has 1 aliphatic carbocycles. The molecule has 5 rings (SSSR count). The Bertz CT molecular complexity index is 1940. The Morgan fingerprint density at radius 1 is 1.06 bits per heavy atom. The second kappa shape index (κ2) is 15.0. The molecular weight excluding hydrogens is 664 g/mol. The van der Waals surface area contributed by atoms with Gasteiger partial charge in [0.2, 0.25) is 5.89 Å². The highest BCUT2D eigenvalue weighted by molar-refractivity contribution is 6.03. The number of alkyl carbamates (subject to hydrolysis) is 1. The first-order valence-electron chi connectivity index (χ1n) is 16.2. The van der Waals surface area contributed by atoms with Crippen LogP contribution in [0.15, 0.2) is 59.5 Å². The second-order valence-electron chi connectivity index (χ2n) is 13.8. The lowest BCUT2D eigenvalue weighted by atomic mass is 10.2. The van der Waals surface area contributed by atoms with Gasteiger partial charge in [-0.2, -0.15) is 5.10 Å². The van der Waals surface area contributed by atoms with Gasteiger partial charge in [0.1, 0.15) is 23.3 Å². The van der Waals surface area contributed by atoms with Crippen molar-refractivity contribution in [1.29, 1.82) is 0 Å². The molecule has 51 heavy (non-hydrogen) atoms. The van der Waals surface area contributed by atoms with E-state index in [1.54, 1.807) is 77.9 Å². The van der Waals surface area contributed by atoms with Crippen LogP contribution in [0.3, 0.4) is 0 Å². The predicted molar refractivity (Wildman–Crippen MR) is 184 cm³/mol. The zero-order valence-corrected chi connectivity index (χ0v) is 29.1. The molecule has 0 atom stereocenters. The van der Waals surface area contributed by atoms with Crippen LogP contribution < -0.4 is 15.5 Å². The molecule has 3 aromatic heterocycles. The van der Waals surface area contributed by atoms with Crippen LogP contribution in [0.1, 0.15) is 82.6 Å². The molecule has 268 valence electrons. The van der Waals surface area contributed by atoms with Crippen LogP contribution >= 0.6 is 0 Å². The molecule has 1 aliphatic rings. The van der Waals surface area contributed by atoms with E-state index in [0.29, 0.717) is 35.1 Å². The number of halogens is 2. The maximum Gasteiger partial charge on any atom is 0.416 e. The van der Waals surface area contributed by atoms with E-state index >= 15 is 0 Å². The molecule has 1 saturated carbocycles. The van der Waals surface area contributed by atoms with Gasteiger partial charge in [-0.25, -0.2) is 33.0 Å². The molecule has 1 fully saturated rings. The summed E-state index contributed by atoms with van der Waals surface area (Å²) in [6, 6.07) is 9.80. The molecule has 0 radical (unpaired) electrons. The zero-order chi connectivity index (χ0) is 36.9. The van der Waals surface area contributed by atoms with Gasteiger partial charge in [0.15, 0.2) is 11.4 Å². The number of carbonyl (C=O) groups is 3. The molecule has 0 spiro atoms. The van der Waals surface area contributed by atoms with Gasteiger partial charge in [-0.15, -0.1) is 0 Å². The highest BCUT2D eigenvalue weighted by Gasteiger charge is 2.31. The average Bonchev–Trinajstić information content (AvgIpc) is 3.54. The first kappa shape index (κ1) is 36.5. The third-order valence-electron chi connectivity index (χ3n) is 7.04. The summed E-state index contributed by atoms with van der Waals surface area (Å²) in [7, 11) is 0. The fraction of sp³-hybridized carbons (Fsp3) is 0.389. The number of aromatic nitrogens is 4. The fourth-order valence-electron chi connectivity index (χ4n) is 4.58. The minimum absolute atomic E-state index is 0.0629. The number of oxazole rings is 1. The van der Waals surface area contributed by atoms with E-state index in [1.807, 2.05) is 0 Å². The third kappa shape index (κ3) is 10.4. The Hall–Kier alpha value is -5.78. The summed E-state index contributed by atoms with van der Waals surface area (Å²) in [6.07, 6.45) is 1.77. The lowest BCUT2D eigenvalue weighted by Crippen LogP contribution is -2.38. The fourth-order valence-corrected chi connectivity index (χ4v) is 4.58. The monoisotopic (exact) mass is 703 g/mol. The van der Waals surface area contributed by atoms with Gasteiger partial charge >= 0.3 is 12.2 Å².